The standard InChI is InChI=1S/C23H25FN4O3/c1-16(2)28(14-17-12-25-27(3)13-17)23(30)18-9-19(24)11-20(10-18)26-22(29)15-31-21-7-5-4-6-8-21/h4-13,16H,14-15H2,1-3H3,(H,26,29). The first kappa shape index (κ1) is 22.0. The number of ether oxygens (including phenoxy) is 1. The Kier molecular flexibility index (Phi) is 7.02. The molecule has 1 aromatic heterocycles. The molecule has 0 atom stereocenters. The summed E-state index contributed by atoms with van der Waals surface area (Å²) < 4.78 is 21.3. The van der Waals surface area contributed by atoms with Gasteiger partial charge in [0.2, 0.25) is 0 Å². The van der Waals surface area contributed by atoms with Gasteiger partial charge in [0.15, 0.2) is 6.61 Å². The van der Waals surface area contributed by atoms with Crippen LogP contribution in [0.1, 0.15) is 29.8 Å². The Labute approximate surface area is 180 Å². The third kappa shape index (κ3) is 6.15. The van der Waals surface area contributed by atoms with Crippen LogP contribution in [-0.4, -0.2) is 39.1 Å². The number of halogens is 1. The minimum absolute atomic E-state index is 0.117. The summed E-state index contributed by atoms with van der Waals surface area (Å²) in [6, 6.07) is 12.6. The summed E-state index contributed by atoms with van der Waals surface area (Å²) in [5.74, 6) is -0.857. The van der Waals surface area contributed by atoms with Gasteiger partial charge < -0.3 is 15.0 Å². The van der Waals surface area contributed by atoms with Gasteiger partial charge in [-0.15, -0.1) is 0 Å². The van der Waals surface area contributed by atoms with Gasteiger partial charge in [-0.25, -0.2) is 4.39 Å². The summed E-state index contributed by atoms with van der Waals surface area (Å²) in [5.41, 5.74) is 1.21. The van der Waals surface area contributed by atoms with Crippen molar-refractivity contribution in [3.8, 4) is 5.75 Å². The van der Waals surface area contributed by atoms with Crippen molar-refractivity contribution in [3.05, 3.63) is 77.9 Å². The van der Waals surface area contributed by atoms with Crippen molar-refractivity contribution >= 4 is 17.5 Å². The molecule has 0 spiro atoms. The van der Waals surface area contributed by atoms with Crippen LogP contribution < -0.4 is 10.1 Å². The Morgan fingerprint density at radius 3 is 2.58 bits per heavy atom. The molecule has 0 aliphatic carbocycles. The molecule has 1 N–H and O–H groups in total. The van der Waals surface area contributed by atoms with Crippen LogP contribution in [0.25, 0.3) is 0 Å². The number of anilines is 1. The van der Waals surface area contributed by atoms with Crippen molar-refractivity contribution in [1.29, 1.82) is 0 Å². The lowest BCUT2D eigenvalue weighted by Gasteiger charge is -2.26. The molecule has 2 amide bonds. The minimum Gasteiger partial charge on any atom is -0.484 e. The van der Waals surface area contributed by atoms with Gasteiger partial charge in [0.05, 0.1) is 6.20 Å². The molecule has 0 saturated heterocycles. The van der Waals surface area contributed by atoms with Crippen LogP contribution in [0.15, 0.2) is 60.9 Å². The van der Waals surface area contributed by atoms with Gasteiger partial charge in [-0.1, -0.05) is 18.2 Å². The van der Waals surface area contributed by atoms with Crippen LogP contribution in [0.2, 0.25) is 0 Å². The van der Waals surface area contributed by atoms with Crippen molar-refractivity contribution in [2.24, 2.45) is 7.05 Å². The van der Waals surface area contributed by atoms with Crippen LogP contribution in [0.5, 0.6) is 5.75 Å². The first-order valence-corrected chi connectivity index (χ1v) is 9.88. The number of hydrogen-bond acceptors (Lipinski definition) is 4. The Morgan fingerprint density at radius 2 is 1.94 bits per heavy atom. The minimum atomic E-state index is -0.616. The molecule has 0 bridgehead atoms. The number of para-hydroxylation sites is 1. The van der Waals surface area contributed by atoms with Crippen molar-refractivity contribution in [2.75, 3.05) is 11.9 Å². The summed E-state index contributed by atoms with van der Waals surface area (Å²) in [6.45, 7) is 3.88. The lowest BCUT2D eigenvalue weighted by Crippen LogP contribution is -2.36. The SMILES string of the molecule is CC(C)N(Cc1cnn(C)c1)C(=O)c1cc(F)cc(NC(=O)COc2ccccc2)c1. The molecule has 0 fully saturated rings. The highest BCUT2D eigenvalue weighted by molar-refractivity contribution is 5.97. The van der Waals surface area contributed by atoms with E-state index in [9.17, 15) is 14.0 Å². The summed E-state index contributed by atoms with van der Waals surface area (Å²) in [4.78, 5) is 26.9. The first-order chi connectivity index (χ1) is 14.8. The fraction of sp³-hybridized carbons (Fsp3) is 0.261. The molecule has 8 heteroatoms. The number of aryl methyl sites for hydroxylation is 1. The molecule has 0 aliphatic rings. The second kappa shape index (κ2) is 9.88. The Balaban J connectivity index is 1.71. The predicted molar refractivity (Wildman–Crippen MR) is 115 cm³/mol. The molecule has 0 saturated carbocycles. The van der Waals surface area contributed by atoms with Crippen LogP contribution in [0, 0.1) is 5.82 Å². The summed E-state index contributed by atoms with van der Waals surface area (Å²) in [6.07, 6.45) is 3.51. The molecule has 162 valence electrons. The van der Waals surface area contributed by atoms with Crippen molar-refractivity contribution in [1.82, 2.24) is 14.7 Å². The number of nitrogens with zero attached hydrogens (tertiary/aromatic N) is 3. The van der Waals surface area contributed by atoms with Gasteiger partial charge in [-0.3, -0.25) is 14.3 Å². The van der Waals surface area contributed by atoms with Gasteiger partial charge >= 0.3 is 0 Å². The summed E-state index contributed by atoms with van der Waals surface area (Å²) >= 11 is 0. The maximum atomic E-state index is 14.2. The third-order valence-corrected chi connectivity index (χ3v) is 4.54. The van der Waals surface area contributed by atoms with Crippen LogP contribution in [0.3, 0.4) is 0 Å². The van der Waals surface area contributed by atoms with E-state index in [2.05, 4.69) is 10.4 Å². The lowest BCUT2D eigenvalue weighted by molar-refractivity contribution is -0.118. The Bertz CT molecular complexity index is 1050. The largest absolute Gasteiger partial charge is 0.484 e. The van der Waals surface area contributed by atoms with E-state index in [1.165, 1.54) is 6.07 Å². The summed E-state index contributed by atoms with van der Waals surface area (Å²) in [7, 11) is 1.80. The smallest absolute Gasteiger partial charge is 0.262 e. The monoisotopic (exact) mass is 424 g/mol. The quantitative estimate of drug-likeness (QED) is 0.599. The predicted octanol–water partition coefficient (Wildman–Crippen LogP) is 3.63. The zero-order valence-corrected chi connectivity index (χ0v) is 17.7. The topological polar surface area (TPSA) is 76.5 Å². The highest BCUT2D eigenvalue weighted by Crippen LogP contribution is 2.19. The molecule has 1 heterocycles. The number of carbonyl (C=O) groups is 2. The second-order valence-corrected chi connectivity index (χ2v) is 7.43. The average molecular weight is 424 g/mol. The molecule has 3 aromatic rings. The molecular weight excluding hydrogens is 399 g/mol. The number of carbonyl (C=O) groups excluding carboxylic acids is 2. The van der Waals surface area contributed by atoms with E-state index in [-0.39, 0.29) is 29.8 Å². The summed E-state index contributed by atoms with van der Waals surface area (Å²) in [5, 5.41) is 6.70. The van der Waals surface area contributed by atoms with E-state index in [1.807, 2.05) is 26.1 Å². The Morgan fingerprint density at radius 1 is 1.19 bits per heavy atom. The maximum absolute atomic E-state index is 14.2. The lowest BCUT2D eigenvalue weighted by atomic mass is 10.1. The maximum Gasteiger partial charge on any atom is 0.262 e. The highest BCUT2D eigenvalue weighted by Gasteiger charge is 2.21. The van der Waals surface area contributed by atoms with Gasteiger partial charge in [0.25, 0.3) is 11.8 Å². The molecule has 0 radical (unpaired) electrons. The Hall–Kier alpha value is -3.68. The molecule has 31 heavy (non-hydrogen) atoms. The van der Waals surface area contributed by atoms with E-state index in [4.69, 9.17) is 4.74 Å². The van der Waals surface area contributed by atoms with E-state index >= 15 is 0 Å². The molecule has 0 aliphatic heterocycles. The number of rotatable bonds is 8. The number of benzene rings is 2. The molecule has 0 unspecified atom stereocenters. The van der Waals surface area contributed by atoms with Gasteiger partial charge in [0.1, 0.15) is 11.6 Å². The molecular formula is C23H25FN4O3. The average Bonchev–Trinajstić information content (AvgIpc) is 3.15. The van der Waals surface area contributed by atoms with Crippen LogP contribution in [0.4, 0.5) is 10.1 Å². The van der Waals surface area contributed by atoms with Crippen LogP contribution in [-0.2, 0) is 18.4 Å². The number of aromatic nitrogens is 2. The van der Waals surface area contributed by atoms with E-state index in [0.717, 1.165) is 17.7 Å². The van der Waals surface area contributed by atoms with Crippen LogP contribution >= 0.6 is 0 Å². The van der Waals surface area contributed by atoms with Crippen molar-refractivity contribution in [2.45, 2.75) is 26.4 Å². The fourth-order valence-electron chi connectivity index (χ4n) is 3.05. The van der Waals surface area contributed by atoms with Gasteiger partial charge in [0, 0.05) is 42.6 Å². The molecule has 3 rings (SSSR count). The van der Waals surface area contributed by atoms with Crippen molar-refractivity contribution in [3.63, 3.8) is 0 Å². The van der Waals surface area contributed by atoms with E-state index in [1.54, 1.807) is 47.1 Å². The van der Waals surface area contributed by atoms with E-state index in [0.29, 0.717) is 12.3 Å². The molecule has 2 aromatic carbocycles. The normalized spacial score (nSPS) is 10.7. The number of amides is 2. The fourth-order valence-corrected chi connectivity index (χ4v) is 3.05. The van der Waals surface area contributed by atoms with Crippen molar-refractivity contribution < 1.29 is 18.7 Å². The van der Waals surface area contributed by atoms with Gasteiger partial charge in [-0.05, 0) is 44.2 Å². The number of hydrogen-bond donors (Lipinski definition) is 1. The first-order valence-electron chi connectivity index (χ1n) is 9.88. The second-order valence-electron chi connectivity index (χ2n) is 7.43. The third-order valence-electron chi connectivity index (χ3n) is 4.54. The highest BCUT2D eigenvalue weighted by atomic mass is 19.1. The van der Waals surface area contributed by atoms with Gasteiger partial charge in [-0.2, -0.15) is 5.10 Å². The zero-order chi connectivity index (χ0) is 22.4. The zero-order valence-electron chi connectivity index (χ0n) is 17.7. The number of nitrogens with one attached hydrogen (secondary N) is 1. The van der Waals surface area contributed by atoms with E-state index < -0.39 is 11.7 Å². The molecule has 7 nitrogen and oxygen atoms in total.